The van der Waals surface area contributed by atoms with Crippen molar-refractivity contribution in [2.75, 3.05) is 43.9 Å². The van der Waals surface area contributed by atoms with Crippen LogP contribution in [0.5, 0.6) is 5.75 Å². The molecule has 15 nitrogen and oxygen atoms in total. The fourth-order valence-electron chi connectivity index (χ4n) is 8.20. The Morgan fingerprint density at radius 1 is 0.750 bits per heavy atom. The van der Waals surface area contributed by atoms with Gasteiger partial charge in [0.2, 0.25) is 5.91 Å². The quantitative estimate of drug-likeness (QED) is 0.0972. The maximum atomic E-state index is 14.6. The maximum Gasteiger partial charge on any atom is 0.257 e. The molecule has 7 aromatic rings. The Morgan fingerprint density at radius 3 is 1.80 bits per heavy atom. The predicted molar refractivity (Wildman–Crippen MR) is 242 cm³/mol. The summed E-state index contributed by atoms with van der Waals surface area (Å²) in [7, 11) is 1.55. The second kappa shape index (κ2) is 19.9. The molecule has 0 radical (unpaired) electrons. The van der Waals surface area contributed by atoms with E-state index in [0.29, 0.717) is 81.5 Å². The van der Waals surface area contributed by atoms with Gasteiger partial charge in [-0.2, -0.15) is 0 Å². The highest BCUT2D eigenvalue weighted by atomic mass is 35.5. The van der Waals surface area contributed by atoms with Crippen LogP contribution >= 0.6 is 23.2 Å². The number of halogens is 4. The Morgan fingerprint density at radius 2 is 1.27 bits per heavy atom. The number of ether oxygens (including phenoxy) is 1. The van der Waals surface area contributed by atoms with Crippen molar-refractivity contribution in [1.82, 2.24) is 49.7 Å². The summed E-state index contributed by atoms with van der Waals surface area (Å²) in [6.45, 7) is 4.04. The molecule has 0 aliphatic carbocycles. The fourth-order valence-corrected chi connectivity index (χ4v) is 8.51. The van der Waals surface area contributed by atoms with Gasteiger partial charge >= 0.3 is 0 Å². The number of hydrogen-bond donors (Lipinski definition) is 4. The van der Waals surface area contributed by atoms with Gasteiger partial charge in [-0.05, 0) is 62.8 Å². The third kappa shape index (κ3) is 9.70. The molecule has 332 valence electrons. The minimum Gasteiger partial charge on any atom is -0.496 e. The number of piperidine rings is 2. The molecule has 2 saturated heterocycles. The van der Waals surface area contributed by atoms with E-state index >= 15 is 0 Å². The van der Waals surface area contributed by atoms with Gasteiger partial charge in [0.05, 0.1) is 35.1 Å². The van der Waals surface area contributed by atoms with Crippen LogP contribution in [0.1, 0.15) is 62.2 Å². The number of nitrogens with one attached hydrogen (secondary N) is 4. The smallest absolute Gasteiger partial charge is 0.257 e. The summed E-state index contributed by atoms with van der Waals surface area (Å²) in [5.74, 6) is 0.378. The first-order valence-corrected chi connectivity index (χ1v) is 21.9. The molecule has 64 heavy (non-hydrogen) atoms. The van der Waals surface area contributed by atoms with Crippen molar-refractivity contribution < 1.29 is 23.1 Å². The van der Waals surface area contributed by atoms with E-state index in [1.54, 1.807) is 56.2 Å². The van der Waals surface area contributed by atoms with Gasteiger partial charge in [0, 0.05) is 91.4 Å². The number of pyridine rings is 2. The van der Waals surface area contributed by atoms with Crippen LogP contribution in [0, 0.1) is 11.6 Å². The number of fused-ring (bicyclic) bond motifs is 2. The Bertz CT molecular complexity index is 2790. The lowest BCUT2D eigenvalue weighted by Crippen LogP contribution is -2.47. The molecule has 1 aromatic carbocycles. The van der Waals surface area contributed by atoms with Crippen LogP contribution in [0.4, 0.5) is 20.4 Å². The summed E-state index contributed by atoms with van der Waals surface area (Å²) in [5.41, 5.74) is 3.17. The fraction of sp³-hybridized carbons (Fsp3) is 0.333. The van der Waals surface area contributed by atoms with Crippen molar-refractivity contribution in [1.29, 1.82) is 0 Å². The number of hydrogen-bond acceptors (Lipinski definition) is 11. The van der Waals surface area contributed by atoms with E-state index in [0.717, 1.165) is 68.2 Å². The number of anilines is 2. The van der Waals surface area contributed by atoms with Gasteiger partial charge in [-0.1, -0.05) is 42.3 Å². The molecule has 2 aliphatic rings. The van der Waals surface area contributed by atoms with E-state index in [1.165, 1.54) is 0 Å². The summed E-state index contributed by atoms with van der Waals surface area (Å²) in [5, 5.41) is 8.68. The van der Waals surface area contributed by atoms with Gasteiger partial charge in [0.25, 0.3) is 5.91 Å². The van der Waals surface area contributed by atoms with Gasteiger partial charge in [-0.3, -0.25) is 9.59 Å². The Labute approximate surface area is 377 Å². The zero-order chi connectivity index (χ0) is 44.7. The van der Waals surface area contributed by atoms with E-state index in [9.17, 15) is 18.4 Å². The van der Waals surface area contributed by atoms with Crippen LogP contribution in [-0.2, 0) is 4.79 Å². The van der Waals surface area contributed by atoms with Crippen LogP contribution in [-0.4, -0.2) is 107 Å². The first-order valence-electron chi connectivity index (χ1n) is 21.1. The van der Waals surface area contributed by atoms with Crippen LogP contribution in [0.25, 0.3) is 44.8 Å². The lowest BCUT2D eigenvalue weighted by molar-refractivity contribution is -0.134. The lowest BCUT2D eigenvalue weighted by Gasteiger charge is -2.36. The average Bonchev–Trinajstić information content (AvgIpc) is 3.95. The topological polar surface area (TPSA) is 183 Å². The summed E-state index contributed by atoms with van der Waals surface area (Å²) in [4.78, 5) is 60.9. The van der Waals surface area contributed by atoms with Crippen LogP contribution in [0.15, 0.2) is 73.6 Å². The summed E-state index contributed by atoms with van der Waals surface area (Å²) in [6.07, 6.45) is 15.0. The van der Waals surface area contributed by atoms with Gasteiger partial charge < -0.3 is 35.1 Å². The number of carbonyl (C=O) groups excluding carboxylic acids is 2. The van der Waals surface area contributed by atoms with E-state index in [1.807, 2.05) is 28.9 Å². The lowest BCUT2D eigenvalue weighted by atomic mass is 10.0. The number of H-pyrrole nitrogens is 2. The van der Waals surface area contributed by atoms with Gasteiger partial charge in [0.15, 0.2) is 34.9 Å². The third-order valence-corrected chi connectivity index (χ3v) is 11.9. The molecule has 0 bridgehead atoms. The Kier molecular flexibility index (Phi) is 13.8. The second-order valence-electron chi connectivity index (χ2n) is 15.5. The minimum absolute atomic E-state index is 0.0325. The van der Waals surface area contributed by atoms with Crippen LogP contribution < -0.4 is 15.4 Å². The average molecular weight is 912 g/mol. The molecule has 2 fully saturated rings. The van der Waals surface area contributed by atoms with Crippen molar-refractivity contribution in [2.24, 2.45) is 0 Å². The number of amides is 2. The summed E-state index contributed by atoms with van der Waals surface area (Å²) in [6, 6.07) is 10.6. The molecule has 2 unspecified atom stereocenters. The van der Waals surface area contributed by atoms with E-state index in [-0.39, 0.29) is 35.5 Å². The van der Waals surface area contributed by atoms with Crippen molar-refractivity contribution in [3.8, 4) is 28.5 Å². The predicted octanol–water partition coefficient (Wildman–Crippen LogP) is 8.94. The largest absolute Gasteiger partial charge is 0.496 e. The van der Waals surface area contributed by atoms with Gasteiger partial charge in [-0.25, -0.2) is 38.7 Å². The van der Waals surface area contributed by atoms with Gasteiger partial charge in [-0.15, -0.1) is 0 Å². The molecule has 19 heteroatoms. The first kappa shape index (κ1) is 44.2. The van der Waals surface area contributed by atoms with Crippen molar-refractivity contribution in [2.45, 2.75) is 64.0 Å². The third-order valence-electron chi connectivity index (χ3n) is 11.5. The summed E-state index contributed by atoms with van der Waals surface area (Å²) < 4.78 is 34.4. The van der Waals surface area contributed by atoms with E-state index in [4.69, 9.17) is 27.9 Å². The molecule has 0 saturated carbocycles. The highest BCUT2D eigenvalue weighted by Gasteiger charge is 2.30. The number of likely N-dealkylation sites (tertiary alicyclic amines) is 2. The molecule has 2 amide bonds. The molecule has 4 N–H and O–H groups in total. The molecule has 2 atom stereocenters. The molecule has 2 aliphatic heterocycles. The maximum absolute atomic E-state index is 14.6. The number of rotatable bonds is 11. The Balaban J connectivity index is 0.000000178. The van der Waals surface area contributed by atoms with E-state index < -0.39 is 11.6 Å². The zero-order valence-corrected chi connectivity index (χ0v) is 36.7. The van der Waals surface area contributed by atoms with Gasteiger partial charge in [0.1, 0.15) is 17.0 Å². The second-order valence-corrected chi connectivity index (χ2v) is 16.4. The number of carbonyl (C=O) groups is 2. The highest BCUT2D eigenvalue weighted by molar-refractivity contribution is 6.31. The first-order chi connectivity index (χ1) is 31.1. The molecule has 0 spiro atoms. The Hall–Kier alpha value is -6.46. The number of aromatic amines is 2. The number of aromatic nitrogens is 8. The van der Waals surface area contributed by atoms with Crippen molar-refractivity contribution >= 4 is 68.7 Å². The highest BCUT2D eigenvalue weighted by Crippen LogP contribution is 2.31. The standard InChI is InChI=1S/C25H24ClFN6O2.C20H22ClFN6O/c1-35-21-8-3-2-7-17(21)25(34)33-9-5-4-6-16(33)12-29-24-20(27)14-31-23(32-24)19-13-30-22-18(19)10-15(26)11-28-22;1-2-17(29)28-6-4-3-5-13(28)9-24-20-16(22)11-26-19(27-20)15-10-25-18-14(15)7-12(21)8-23-18/h2-3,7-8,10-11,13-14,16H,4-6,9,12H2,1H3,(H,28,30)(H,29,31,32);7-8,10-11,13H,2-6,9H2,1H3,(H,23,25)(H,24,26,27). The number of nitrogens with zero attached hydrogens (tertiary/aromatic N) is 8. The van der Waals surface area contributed by atoms with Crippen LogP contribution in [0.3, 0.4) is 0 Å². The number of para-hydroxylation sites is 1. The molecule has 9 rings (SSSR count). The van der Waals surface area contributed by atoms with Crippen molar-refractivity contribution in [3.05, 3.63) is 101 Å². The molecular weight excluding hydrogens is 865 g/mol. The van der Waals surface area contributed by atoms with E-state index in [2.05, 4.69) is 50.5 Å². The monoisotopic (exact) mass is 910 g/mol. The summed E-state index contributed by atoms with van der Waals surface area (Å²) >= 11 is 12.2. The minimum atomic E-state index is -0.567. The molecule has 8 heterocycles. The van der Waals surface area contributed by atoms with Crippen LogP contribution in [0.2, 0.25) is 10.0 Å². The SMILES string of the molecule is CCC(=O)N1CCCCC1CNc1nc(-c2c[nH]c3ncc(Cl)cc23)ncc1F.COc1ccccc1C(=O)N1CCCCC1CNc1nc(-c2c[nH]c3ncc(Cl)cc23)ncc1F. The number of methoxy groups -OCH3 is 1. The normalized spacial score (nSPS) is 16.3. The zero-order valence-electron chi connectivity index (χ0n) is 35.2. The number of benzene rings is 1. The molecular formula is C45H46Cl2F2N12O3. The van der Waals surface area contributed by atoms with Crippen molar-refractivity contribution in [3.63, 3.8) is 0 Å². The molecule has 6 aromatic heterocycles.